The molecule has 0 aliphatic heterocycles. The van der Waals surface area contributed by atoms with E-state index in [2.05, 4.69) is 10.6 Å². The summed E-state index contributed by atoms with van der Waals surface area (Å²) in [5.41, 5.74) is 1.40. The Morgan fingerprint density at radius 1 is 1.23 bits per heavy atom. The van der Waals surface area contributed by atoms with Crippen molar-refractivity contribution in [3.8, 4) is 0 Å². The first-order valence-electron chi connectivity index (χ1n) is 7.17. The summed E-state index contributed by atoms with van der Waals surface area (Å²) >= 11 is 12.1. The van der Waals surface area contributed by atoms with Gasteiger partial charge in [0.1, 0.15) is 4.33 Å². The number of hydrogen-bond donors (Lipinski definition) is 2. The SMILES string of the molecule is Cc1ccc(NC(=O)C(C)C)cc1NC(=O)C1(C)CC1(Cl)Cl. The van der Waals surface area contributed by atoms with Gasteiger partial charge < -0.3 is 10.6 Å². The molecule has 1 saturated carbocycles. The molecular formula is C16H20Cl2N2O2. The van der Waals surface area contributed by atoms with E-state index in [9.17, 15) is 9.59 Å². The van der Waals surface area contributed by atoms with Crippen molar-refractivity contribution in [2.24, 2.45) is 11.3 Å². The quantitative estimate of drug-likeness (QED) is 0.808. The van der Waals surface area contributed by atoms with Crippen molar-refractivity contribution in [3.05, 3.63) is 23.8 Å². The van der Waals surface area contributed by atoms with E-state index >= 15 is 0 Å². The molecule has 0 heterocycles. The molecular weight excluding hydrogens is 323 g/mol. The first-order chi connectivity index (χ1) is 10.1. The number of aryl methyl sites for hydroxylation is 1. The summed E-state index contributed by atoms with van der Waals surface area (Å²) in [5.74, 6) is -0.401. The third kappa shape index (κ3) is 3.23. The summed E-state index contributed by atoms with van der Waals surface area (Å²) < 4.78 is -1.01. The Labute approximate surface area is 140 Å². The number of hydrogen-bond acceptors (Lipinski definition) is 2. The van der Waals surface area contributed by atoms with E-state index in [0.29, 0.717) is 17.8 Å². The fraction of sp³-hybridized carbons (Fsp3) is 0.500. The van der Waals surface area contributed by atoms with Crippen LogP contribution in [0, 0.1) is 18.3 Å². The third-order valence-electron chi connectivity index (χ3n) is 4.04. The van der Waals surface area contributed by atoms with Crippen LogP contribution in [0.4, 0.5) is 11.4 Å². The molecule has 1 unspecified atom stereocenters. The Hall–Kier alpha value is -1.26. The lowest BCUT2D eigenvalue weighted by molar-refractivity contribution is -0.120. The maximum Gasteiger partial charge on any atom is 0.233 e. The number of alkyl halides is 2. The van der Waals surface area contributed by atoms with Crippen LogP contribution in [0.1, 0.15) is 32.8 Å². The van der Waals surface area contributed by atoms with Crippen molar-refractivity contribution in [3.63, 3.8) is 0 Å². The minimum absolute atomic E-state index is 0.0733. The topological polar surface area (TPSA) is 58.2 Å². The normalized spacial score (nSPS) is 22.3. The van der Waals surface area contributed by atoms with Crippen molar-refractivity contribution in [2.75, 3.05) is 10.6 Å². The molecule has 2 rings (SSSR count). The molecule has 2 N–H and O–H groups in total. The highest BCUT2D eigenvalue weighted by molar-refractivity contribution is 6.53. The Morgan fingerprint density at radius 3 is 2.32 bits per heavy atom. The van der Waals surface area contributed by atoms with E-state index in [-0.39, 0.29) is 17.7 Å². The molecule has 0 saturated heterocycles. The summed E-state index contributed by atoms with van der Waals surface area (Å²) in [4.78, 5) is 24.1. The zero-order valence-electron chi connectivity index (χ0n) is 13.1. The van der Waals surface area contributed by atoms with Gasteiger partial charge in [-0.3, -0.25) is 9.59 Å². The Balaban J connectivity index is 2.14. The van der Waals surface area contributed by atoms with Gasteiger partial charge in [-0.2, -0.15) is 0 Å². The molecule has 1 aromatic rings. The van der Waals surface area contributed by atoms with E-state index in [0.717, 1.165) is 5.56 Å². The van der Waals surface area contributed by atoms with Gasteiger partial charge in [0, 0.05) is 17.3 Å². The number of rotatable bonds is 4. The molecule has 1 aliphatic carbocycles. The van der Waals surface area contributed by atoms with Crippen LogP contribution >= 0.6 is 23.2 Å². The average Bonchev–Trinajstić information content (AvgIpc) is 2.93. The van der Waals surface area contributed by atoms with Crippen LogP contribution in [0.15, 0.2) is 18.2 Å². The van der Waals surface area contributed by atoms with Gasteiger partial charge in [0.2, 0.25) is 11.8 Å². The lowest BCUT2D eigenvalue weighted by Crippen LogP contribution is -2.26. The van der Waals surface area contributed by atoms with E-state index in [1.807, 2.05) is 26.8 Å². The molecule has 0 bridgehead atoms. The zero-order chi connectivity index (χ0) is 16.7. The fourth-order valence-electron chi connectivity index (χ4n) is 2.03. The summed E-state index contributed by atoms with van der Waals surface area (Å²) in [6.07, 6.45) is 0.428. The lowest BCUT2D eigenvalue weighted by Gasteiger charge is -2.16. The van der Waals surface area contributed by atoms with Crippen molar-refractivity contribution < 1.29 is 9.59 Å². The second-order valence-corrected chi connectivity index (χ2v) is 7.83. The van der Waals surface area contributed by atoms with E-state index in [4.69, 9.17) is 23.2 Å². The van der Waals surface area contributed by atoms with Crippen LogP contribution in [0.25, 0.3) is 0 Å². The van der Waals surface area contributed by atoms with E-state index < -0.39 is 9.75 Å². The first-order valence-corrected chi connectivity index (χ1v) is 7.93. The number of nitrogens with one attached hydrogen (secondary N) is 2. The molecule has 1 aliphatic rings. The van der Waals surface area contributed by atoms with Gasteiger partial charge in [0.25, 0.3) is 0 Å². The second-order valence-electron chi connectivity index (χ2n) is 6.34. The largest absolute Gasteiger partial charge is 0.326 e. The molecule has 0 spiro atoms. The van der Waals surface area contributed by atoms with Gasteiger partial charge in [-0.25, -0.2) is 0 Å². The summed E-state index contributed by atoms with van der Waals surface area (Å²) in [7, 11) is 0. The molecule has 4 nitrogen and oxygen atoms in total. The van der Waals surface area contributed by atoms with E-state index in [1.54, 1.807) is 19.1 Å². The third-order valence-corrected chi connectivity index (χ3v) is 5.14. The number of benzene rings is 1. The van der Waals surface area contributed by atoms with Gasteiger partial charge in [-0.05, 0) is 38.0 Å². The molecule has 1 aromatic carbocycles. The summed E-state index contributed by atoms with van der Waals surface area (Å²) in [6.45, 7) is 7.26. The van der Waals surface area contributed by atoms with Crippen LogP contribution in [-0.2, 0) is 9.59 Å². The number of anilines is 2. The molecule has 6 heteroatoms. The number of halogens is 2. The molecule has 1 atom stereocenters. The standard InChI is InChI=1S/C16H20Cl2N2O2/c1-9(2)13(21)19-11-6-5-10(3)12(7-11)20-14(22)15(4)8-16(15,17)18/h5-7,9H,8H2,1-4H3,(H,19,21)(H,20,22). The Bertz CT molecular complexity index is 629. The van der Waals surface area contributed by atoms with Gasteiger partial charge in [0.05, 0.1) is 5.41 Å². The highest BCUT2D eigenvalue weighted by Gasteiger charge is 2.67. The second kappa shape index (κ2) is 5.74. The van der Waals surface area contributed by atoms with Crippen molar-refractivity contribution in [1.29, 1.82) is 0 Å². The van der Waals surface area contributed by atoms with Gasteiger partial charge >= 0.3 is 0 Å². The Kier molecular flexibility index (Phi) is 4.46. The average molecular weight is 343 g/mol. The minimum atomic E-state index is -1.01. The van der Waals surface area contributed by atoms with Crippen LogP contribution in [-0.4, -0.2) is 16.1 Å². The minimum Gasteiger partial charge on any atom is -0.326 e. The number of carbonyl (C=O) groups is 2. The maximum atomic E-state index is 12.3. The molecule has 120 valence electrons. The van der Waals surface area contributed by atoms with Gasteiger partial charge in [-0.15, -0.1) is 23.2 Å². The fourth-order valence-corrected chi connectivity index (χ4v) is 2.73. The number of carbonyl (C=O) groups excluding carboxylic acids is 2. The zero-order valence-corrected chi connectivity index (χ0v) is 14.6. The van der Waals surface area contributed by atoms with Crippen LogP contribution in [0.2, 0.25) is 0 Å². The predicted molar refractivity (Wildman–Crippen MR) is 90.4 cm³/mol. The number of amides is 2. The highest BCUT2D eigenvalue weighted by atomic mass is 35.5. The Morgan fingerprint density at radius 2 is 1.82 bits per heavy atom. The van der Waals surface area contributed by atoms with Crippen LogP contribution in [0.5, 0.6) is 0 Å². The molecule has 22 heavy (non-hydrogen) atoms. The molecule has 1 fully saturated rings. The molecule has 2 amide bonds. The highest BCUT2D eigenvalue weighted by Crippen LogP contribution is 2.64. The van der Waals surface area contributed by atoms with Crippen molar-refractivity contribution >= 4 is 46.4 Å². The smallest absolute Gasteiger partial charge is 0.233 e. The van der Waals surface area contributed by atoms with Gasteiger partial charge in [0.15, 0.2) is 0 Å². The van der Waals surface area contributed by atoms with Crippen LogP contribution < -0.4 is 10.6 Å². The maximum absolute atomic E-state index is 12.3. The molecule has 0 aromatic heterocycles. The predicted octanol–water partition coefficient (Wildman–Crippen LogP) is 4.11. The van der Waals surface area contributed by atoms with Crippen molar-refractivity contribution in [1.82, 2.24) is 0 Å². The van der Waals surface area contributed by atoms with Crippen LogP contribution in [0.3, 0.4) is 0 Å². The van der Waals surface area contributed by atoms with Crippen molar-refractivity contribution in [2.45, 2.75) is 38.4 Å². The van der Waals surface area contributed by atoms with E-state index in [1.165, 1.54) is 0 Å². The lowest BCUT2D eigenvalue weighted by atomic mass is 10.1. The summed E-state index contributed by atoms with van der Waals surface area (Å²) in [6, 6.07) is 5.39. The first kappa shape index (κ1) is 17.1. The molecule has 0 radical (unpaired) electrons. The monoisotopic (exact) mass is 342 g/mol. The van der Waals surface area contributed by atoms with Gasteiger partial charge in [-0.1, -0.05) is 19.9 Å². The summed E-state index contributed by atoms with van der Waals surface area (Å²) in [5, 5.41) is 5.66.